The van der Waals surface area contributed by atoms with Crippen molar-refractivity contribution in [2.45, 2.75) is 13.5 Å². The van der Waals surface area contributed by atoms with Crippen molar-refractivity contribution >= 4 is 5.84 Å². The molecule has 3 N–H and O–H groups in total. The van der Waals surface area contributed by atoms with Gasteiger partial charge >= 0.3 is 0 Å². The summed E-state index contributed by atoms with van der Waals surface area (Å²) < 4.78 is 11.0. The van der Waals surface area contributed by atoms with Crippen LogP contribution in [0.2, 0.25) is 0 Å². The normalized spacial score (nSPS) is 11.2. The molecule has 0 heterocycles. The first-order chi connectivity index (χ1) is 10.2. The topological polar surface area (TPSA) is 77.1 Å². The van der Waals surface area contributed by atoms with E-state index in [1.165, 1.54) is 0 Å². The van der Waals surface area contributed by atoms with Crippen LogP contribution in [-0.2, 0) is 6.61 Å². The van der Waals surface area contributed by atoms with E-state index < -0.39 is 0 Å². The second-order valence-electron chi connectivity index (χ2n) is 4.58. The Bertz CT molecular complexity index is 654. The number of para-hydroxylation sites is 1. The summed E-state index contributed by atoms with van der Waals surface area (Å²) in [5, 5.41) is 11.9. The summed E-state index contributed by atoms with van der Waals surface area (Å²) in [4.78, 5) is 0. The molecule has 0 aromatic heterocycles. The fourth-order valence-electron chi connectivity index (χ4n) is 2.02. The Morgan fingerprint density at radius 3 is 2.71 bits per heavy atom. The molecule has 5 heteroatoms. The Balaban J connectivity index is 2.23. The maximum atomic E-state index is 8.85. The molecule has 0 fully saturated rings. The van der Waals surface area contributed by atoms with Crippen molar-refractivity contribution in [2.24, 2.45) is 10.9 Å². The highest BCUT2D eigenvalue weighted by Crippen LogP contribution is 2.25. The van der Waals surface area contributed by atoms with Crippen molar-refractivity contribution in [1.29, 1.82) is 0 Å². The fraction of sp³-hybridized carbons (Fsp3) is 0.188. The highest BCUT2D eigenvalue weighted by Gasteiger charge is 2.11. The molecule has 0 aliphatic heterocycles. The van der Waals surface area contributed by atoms with Gasteiger partial charge in [-0.25, -0.2) is 0 Å². The van der Waals surface area contributed by atoms with Crippen LogP contribution in [0.5, 0.6) is 11.5 Å². The average Bonchev–Trinajstić information content (AvgIpc) is 2.53. The van der Waals surface area contributed by atoms with Gasteiger partial charge in [-0.05, 0) is 36.2 Å². The summed E-state index contributed by atoms with van der Waals surface area (Å²) in [7, 11) is 1.62. The van der Waals surface area contributed by atoms with Crippen LogP contribution in [0.15, 0.2) is 47.6 Å². The van der Waals surface area contributed by atoms with Gasteiger partial charge < -0.3 is 20.4 Å². The predicted molar refractivity (Wildman–Crippen MR) is 81.0 cm³/mol. The lowest BCUT2D eigenvalue weighted by molar-refractivity contribution is 0.300. The molecule has 0 aliphatic rings. The highest BCUT2D eigenvalue weighted by atomic mass is 16.5. The zero-order valence-corrected chi connectivity index (χ0v) is 12.0. The van der Waals surface area contributed by atoms with Crippen LogP contribution in [0, 0.1) is 6.92 Å². The van der Waals surface area contributed by atoms with Gasteiger partial charge in [-0.1, -0.05) is 29.4 Å². The van der Waals surface area contributed by atoms with E-state index in [4.69, 9.17) is 20.4 Å². The van der Waals surface area contributed by atoms with E-state index in [9.17, 15) is 0 Å². The van der Waals surface area contributed by atoms with Gasteiger partial charge in [-0.3, -0.25) is 0 Å². The van der Waals surface area contributed by atoms with Crippen molar-refractivity contribution in [3.8, 4) is 11.5 Å². The average molecular weight is 286 g/mol. The largest absolute Gasteiger partial charge is 0.497 e. The third kappa shape index (κ3) is 3.45. The maximum Gasteiger partial charge on any atom is 0.173 e. The number of nitrogens with two attached hydrogens (primary N) is 1. The molecular formula is C16H18N2O3. The molecule has 0 atom stereocenters. The van der Waals surface area contributed by atoms with Gasteiger partial charge in [0.1, 0.15) is 18.1 Å². The number of amidine groups is 1. The minimum Gasteiger partial charge on any atom is -0.497 e. The minimum absolute atomic E-state index is 0.0272. The molecule has 2 aromatic rings. The molecule has 5 nitrogen and oxygen atoms in total. The number of methoxy groups -OCH3 is 1. The Morgan fingerprint density at radius 1 is 1.24 bits per heavy atom. The van der Waals surface area contributed by atoms with Gasteiger partial charge in [-0.15, -0.1) is 0 Å². The summed E-state index contributed by atoms with van der Waals surface area (Å²) in [6.07, 6.45) is 0. The first-order valence-corrected chi connectivity index (χ1v) is 6.49. The Kier molecular flexibility index (Phi) is 4.66. The zero-order valence-electron chi connectivity index (χ0n) is 12.0. The molecule has 0 amide bonds. The summed E-state index contributed by atoms with van der Waals surface area (Å²) in [5.74, 6) is 1.41. The lowest BCUT2D eigenvalue weighted by atomic mass is 10.1. The van der Waals surface area contributed by atoms with Crippen LogP contribution in [0.1, 0.15) is 16.7 Å². The van der Waals surface area contributed by atoms with Gasteiger partial charge in [0.15, 0.2) is 5.84 Å². The number of benzene rings is 2. The van der Waals surface area contributed by atoms with E-state index >= 15 is 0 Å². The summed E-state index contributed by atoms with van der Waals surface area (Å²) in [6.45, 7) is 2.28. The van der Waals surface area contributed by atoms with Crippen molar-refractivity contribution in [1.82, 2.24) is 0 Å². The van der Waals surface area contributed by atoms with Crippen LogP contribution < -0.4 is 15.2 Å². The first kappa shape index (κ1) is 14.7. The second kappa shape index (κ2) is 6.65. The molecule has 0 spiro atoms. The number of nitrogens with zero attached hydrogens (tertiary/aromatic N) is 1. The van der Waals surface area contributed by atoms with Gasteiger partial charge in [-0.2, -0.15) is 0 Å². The minimum atomic E-state index is 0.0272. The fourth-order valence-corrected chi connectivity index (χ4v) is 2.02. The van der Waals surface area contributed by atoms with Crippen LogP contribution in [-0.4, -0.2) is 18.2 Å². The predicted octanol–water partition coefficient (Wildman–Crippen LogP) is 2.68. The van der Waals surface area contributed by atoms with Gasteiger partial charge in [0.2, 0.25) is 0 Å². The molecule has 0 bridgehead atoms. The Hall–Kier alpha value is -2.69. The Labute approximate surface area is 123 Å². The first-order valence-electron chi connectivity index (χ1n) is 6.49. The third-order valence-corrected chi connectivity index (χ3v) is 3.11. The summed E-state index contributed by atoms with van der Waals surface area (Å²) >= 11 is 0. The number of hydrogen-bond acceptors (Lipinski definition) is 4. The smallest absolute Gasteiger partial charge is 0.173 e. The van der Waals surface area contributed by atoms with Crippen molar-refractivity contribution in [3.05, 3.63) is 59.2 Å². The molecule has 21 heavy (non-hydrogen) atoms. The highest BCUT2D eigenvalue weighted by molar-refractivity contribution is 5.99. The van der Waals surface area contributed by atoms with E-state index in [-0.39, 0.29) is 5.84 Å². The van der Waals surface area contributed by atoms with Crippen molar-refractivity contribution in [2.75, 3.05) is 7.11 Å². The van der Waals surface area contributed by atoms with E-state index in [1.807, 2.05) is 43.3 Å². The van der Waals surface area contributed by atoms with Gasteiger partial charge in [0, 0.05) is 0 Å². The molecule has 0 saturated carbocycles. The quantitative estimate of drug-likeness (QED) is 0.383. The lowest BCUT2D eigenvalue weighted by Crippen LogP contribution is -2.15. The number of hydrogen-bond donors (Lipinski definition) is 2. The summed E-state index contributed by atoms with van der Waals surface area (Å²) in [6, 6.07) is 13.1. The molecule has 2 aromatic carbocycles. The van der Waals surface area contributed by atoms with E-state index in [2.05, 4.69) is 5.16 Å². The monoisotopic (exact) mass is 286 g/mol. The van der Waals surface area contributed by atoms with Gasteiger partial charge in [0.25, 0.3) is 0 Å². The number of ether oxygens (including phenoxy) is 2. The van der Waals surface area contributed by atoms with Crippen molar-refractivity contribution < 1.29 is 14.7 Å². The molecule has 0 aliphatic carbocycles. The summed E-state index contributed by atoms with van der Waals surface area (Å²) in [5.41, 5.74) is 8.14. The second-order valence-corrected chi connectivity index (χ2v) is 4.58. The van der Waals surface area contributed by atoms with Crippen LogP contribution in [0.3, 0.4) is 0 Å². The molecule has 110 valence electrons. The van der Waals surface area contributed by atoms with Crippen molar-refractivity contribution in [3.63, 3.8) is 0 Å². The van der Waals surface area contributed by atoms with Crippen LogP contribution >= 0.6 is 0 Å². The molecule has 0 unspecified atom stereocenters. The van der Waals surface area contributed by atoms with Crippen LogP contribution in [0.25, 0.3) is 0 Å². The number of rotatable bonds is 5. The van der Waals surface area contributed by atoms with E-state index in [0.29, 0.717) is 17.9 Å². The molecule has 0 saturated heterocycles. The molecular weight excluding hydrogens is 268 g/mol. The molecule has 0 radical (unpaired) electrons. The van der Waals surface area contributed by atoms with E-state index in [1.54, 1.807) is 13.2 Å². The number of oxime groups is 1. The Morgan fingerprint density at radius 2 is 2.00 bits per heavy atom. The molecule has 2 rings (SSSR count). The number of aryl methyl sites for hydroxylation is 1. The van der Waals surface area contributed by atoms with Gasteiger partial charge in [0.05, 0.1) is 12.7 Å². The lowest BCUT2D eigenvalue weighted by Gasteiger charge is -2.13. The van der Waals surface area contributed by atoms with E-state index in [0.717, 1.165) is 16.9 Å². The maximum absolute atomic E-state index is 8.85. The SMILES string of the molecule is COc1cccc(COc2c(C)cccc2/C(N)=N/O)c1. The van der Waals surface area contributed by atoms with Crippen LogP contribution in [0.4, 0.5) is 0 Å². The standard InChI is InChI=1S/C16H18N2O3/c1-11-5-3-8-14(16(17)18-19)15(11)21-10-12-6-4-7-13(9-12)20-2/h3-9,19H,10H2,1-2H3,(H2,17,18). The third-order valence-electron chi connectivity index (χ3n) is 3.11. The zero-order chi connectivity index (χ0) is 15.2.